The summed E-state index contributed by atoms with van der Waals surface area (Å²) in [6.07, 6.45) is 0.0882. The molecule has 2 rings (SSSR count). The second-order valence-electron chi connectivity index (χ2n) is 4.95. The highest BCUT2D eigenvalue weighted by atomic mass is 16.6. The number of ether oxygens (including phenoxy) is 1. The van der Waals surface area contributed by atoms with Crippen LogP contribution in [0.25, 0.3) is 0 Å². The van der Waals surface area contributed by atoms with Crippen molar-refractivity contribution in [2.45, 2.75) is 12.3 Å². The van der Waals surface area contributed by atoms with Crippen LogP contribution in [0.4, 0.5) is 5.69 Å². The van der Waals surface area contributed by atoms with E-state index in [9.17, 15) is 25.1 Å². The van der Waals surface area contributed by atoms with E-state index in [1.165, 1.54) is 43.5 Å². The Morgan fingerprint density at radius 3 is 2.43 bits per heavy atom. The molecule has 7 heteroatoms. The molecular weight excluding hydrogens is 302 g/mol. The van der Waals surface area contributed by atoms with Crippen molar-refractivity contribution < 1.29 is 24.7 Å². The summed E-state index contributed by atoms with van der Waals surface area (Å²) >= 11 is 0. The first-order chi connectivity index (χ1) is 10.9. The van der Waals surface area contributed by atoms with Crippen molar-refractivity contribution in [1.82, 2.24) is 0 Å². The Balaban J connectivity index is 2.34. The number of nitro groups is 1. The molecule has 0 amide bonds. The van der Waals surface area contributed by atoms with E-state index in [0.29, 0.717) is 11.1 Å². The molecule has 0 bridgehead atoms. The molecule has 2 N–H and O–H groups in total. The third kappa shape index (κ3) is 3.76. The van der Waals surface area contributed by atoms with Crippen LogP contribution in [0, 0.1) is 10.1 Å². The Bertz CT molecular complexity index is 726. The van der Waals surface area contributed by atoms with Crippen molar-refractivity contribution in [2.24, 2.45) is 0 Å². The lowest BCUT2D eigenvalue weighted by atomic mass is 9.92. The smallest absolute Gasteiger partial charge is 0.311 e. The number of carboxylic acid groups (broad SMARTS) is 1. The van der Waals surface area contributed by atoms with E-state index in [1.54, 1.807) is 6.07 Å². The average Bonchev–Trinajstić information content (AvgIpc) is 2.53. The number of methoxy groups -OCH3 is 1. The highest BCUT2D eigenvalue weighted by Gasteiger charge is 2.23. The fraction of sp³-hybridized carbons (Fsp3) is 0.188. The van der Waals surface area contributed by atoms with Crippen LogP contribution in [-0.2, 0) is 11.2 Å². The first-order valence-corrected chi connectivity index (χ1v) is 6.75. The number of nitro benzene ring substituents is 1. The Kier molecular flexibility index (Phi) is 4.80. The molecule has 0 saturated carbocycles. The van der Waals surface area contributed by atoms with Crippen molar-refractivity contribution >= 4 is 11.7 Å². The standard InChI is InChI=1S/C16H15NO6/c1-23-15-7-2-10(9-14(15)17(21)22)8-13(16(19)20)11-3-5-12(18)6-4-11/h2-7,9,13,18H,8H2,1H3,(H,19,20). The largest absolute Gasteiger partial charge is 0.508 e. The number of carbonyl (C=O) groups is 1. The average molecular weight is 317 g/mol. The van der Waals surface area contributed by atoms with E-state index < -0.39 is 16.8 Å². The van der Waals surface area contributed by atoms with E-state index in [4.69, 9.17) is 4.74 Å². The van der Waals surface area contributed by atoms with Crippen LogP contribution in [0.5, 0.6) is 11.5 Å². The summed E-state index contributed by atoms with van der Waals surface area (Å²) in [5.41, 5.74) is 0.812. The first-order valence-electron chi connectivity index (χ1n) is 6.75. The van der Waals surface area contributed by atoms with E-state index >= 15 is 0 Å². The molecule has 0 spiro atoms. The molecule has 2 aromatic rings. The normalized spacial score (nSPS) is 11.7. The second-order valence-corrected chi connectivity index (χ2v) is 4.95. The fourth-order valence-corrected chi connectivity index (χ4v) is 2.30. The summed E-state index contributed by atoms with van der Waals surface area (Å²) in [4.78, 5) is 22.0. The lowest BCUT2D eigenvalue weighted by Crippen LogP contribution is -2.14. The SMILES string of the molecule is COc1ccc(CC(C(=O)O)c2ccc(O)cc2)cc1[N+](=O)[O-]. The fourth-order valence-electron chi connectivity index (χ4n) is 2.30. The lowest BCUT2D eigenvalue weighted by Gasteiger charge is -2.13. The molecule has 0 saturated heterocycles. The number of phenols is 1. The van der Waals surface area contributed by atoms with E-state index in [0.717, 1.165) is 0 Å². The summed E-state index contributed by atoms with van der Waals surface area (Å²) < 4.78 is 4.93. The maximum absolute atomic E-state index is 11.5. The minimum Gasteiger partial charge on any atom is -0.508 e. The molecular formula is C16H15NO6. The maximum atomic E-state index is 11.5. The lowest BCUT2D eigenvalue weighted by molar-refractivity contribution is -0.385. The number of carboxylic acids is 1. The van der Waals surface area contributed by atoms with Crippen molar-refractivity contribution in [3.63, 3.8) is 0 Å². The topological polar surface area (TPSA) is 110 Å². The predicted octanol–water partition coefficient (Wildman–Crippen LogP) is 2.72. The van der Waals surface area contributed by atoms with Gasteiger partial charge in [0.2, 0.25) is 0 Å². The molecule has 7 nitrogen and oxygen atoms in total. The van der Waals surface area contributed by atoms with E-state index in [1.807, 2.05) is 0 Å². The van der Waals surface area contributed by atoms with Gasteiger partial charge in [-0.25, -0.2) is 0 Å². The quantitative estimate of drug-likeness (QED) is 0.626. The van der Waals surface area contributed by atoms with Gasteiger partial charge in [0.1, 0.15) is 5.75 Å². The maximum Gasteiger partial charge on any atom is 0.311 e. The molecule has 0 aliphatic carbocycles. The Morgan fingerprint density at radius 1 is 1.26 bits per heavy atom. The summed E-state index contributed by atoms with van der Waals surface area (Å²) in [6.45, 7) is 0. The van der Waals surface area contributed by atoms with Crippen LogP contribution < -0.4 is 4.74 Å². The highest BCUT2D eigenvalue weighted by Crippen LogP contribution is 2.30. The van der Waals surface area contributed by atoms with Crippen molar-refractivity contribution in [2.75, 3.05) is 7.11 Å². The summed E-state index contributed by atoms with van der Waals surface area (Å²) in [5, 5.41) is 29.7. The zero-order valence-corrected chi connectivity index (χ0v) is 12.3. The van der Waals surface area contributed by atoms with Crippen LogP contribution in [0.1, 0.15) is 17.0 Å². The van der Waals surface area contributed by atoms with Crippen molar-refractivity contribution in [3.05, 3.63) is 63.7 Å². The number of benzene rings is 2. The second kappa shape index (κ2) is 6.78. The Morgan fingerprint density at radius 2 is 1.91 bits per heavy atom. The third-order valence-corrected chi connectivity index (χ3v) is 3.47. The van der Waals surface area contributed by atoms with Gasteiger partial charge in [-0.3, -0.25) is 14.9 Å². The number of nitrogens with zero attached hydrogens (tertiary/aromatic N) is 1. The van der Waals surface area contributed by atoms with Gasteiger partial charge in [0, 0.05) is 6.07 Å². The monoisotopic (exact) mass is 317 g/mol. The summed E-state index contributed by atoms with van der Waals surface area (Å²) in [7, 11) is 1.33. The third-order valence-electron chi connectivity index (χ3n) is 3.47. The molecule has 2 aromatic carbocycles. The predicted molar refractivity (Wildman–Crippen MR) is 81.8 cm³/mol. The van der Waals surface area contributed by atoms with Gasteiger partial charge in [-0.15, -0.1) is 0 Å². The molecule has 0 fully saturated rings. The van der Waals surface area contributed by atoms with Crippen LogP contribution in [0.15, 0.2) is 42.5 Å². The van der Waals surface area contributed by atoms with Crippen LogP contribution in [0.3, 0.4) is 0 Å². The molecule has 0 radical (unpaired) electrons. The molecule has 0 aliphatic rings. The zero-order valence-electron chi connectivity index (χ0n) is 12.3. The molecule has 23 heavy (non-hydrogen) atoms. The van der Waals surface area contributed by atoms with Gasteiger partial charge in [-0.05, 0) is 35.7 Å². The molecule has 0 aromatic heterocycles. The number of aromatic hydroxyl groups is 1. The molecule has 0 aliphatic heterocycles. The molecule has 1 unspecified atom stereocenters. The summed E-state index contributed by atoms with van der Waals surface area (Å²) in [5.74, 6) is -1.76. The van der Waals surface area contributed by atoms with Gasteiger partial charge in [-0.2, -0.15) is 0 Å². The van der Waals surface area contributed by atoms with Crippen LogP contribution in [0.2, 0.25) is 0 Å². The Hall–Kier alpha value is -3.09. The van der Waals surface area contributed by atoms with E-state index in [2.05, 4.69) is 0 Å². The minimum absolute atomic E-state index is 0.0398. The van der Waals surface area contributed by atoms with Crippen molar-refractivity contribution in [1.29, 1.82) is 0 Å². The van der Waals surface area contributed by atoms with Gasteiger partial charge in [0.25, 0.3) is 0 Å². The number of rotatable bonds is 6. The van der Waals surface area contributed by atoms with Crippen LogP contribution >= 0.6 is 0 Å². The highest BCUT2D eigenvalue weighted by molar-refractivity contribution is 5.76. The van der Waals surface area contributed by atoms with Gasteiger partial charge in [0.15, 0.2) is 5.75 Å². The molecule has 120 valence electrons. The minimum atomic E-state index is -1.05. The van der Waals surface area contributed by atoms with Gasteiger partial charge < -0.3 is 14.9 Å². The zero-order chi connectivity index (χ0) is 17.0. The number of aliphatic carboxylic acids is 1. The van der Waals surface area contributed by atoms with Gasteiger partial charge >= 0.3 is 11.7 Å². The van der Waals surface area contributed by atoms with Crippen molar-refractivity contribution in [3.8, 4) is 11.5 Å². The number of hydrogen-bond donors (Lipinski definition) is 2. The molecule has 1 atom stereocenters. The summed E-state index contributed by atoms with van der Waals surface area (Å²) in [6, 6.07) is 10.2. The first kappa shape index (κ1) is 16.3. The van der Waals surface area contributed by atoms with E-state index in [-0.39, 0.29) is 23.6 Å². The van der Waals surface area contributed by atoms with Crippen LogP contribution in [-0.4, -0.2) is 28.2 Å². The molecule has 0 heterocycles. The van der Waals surface area contributed by atoms with Gasteiger partial charge in [-0.1, -0.05) is 18.2 Å². The number of hydrogen-bond acceptors (Lipinski definition) is 5. The Labute approximate surface area is 131 Å². The number of phenolic OH excluding ortho intramolecular Hbond substituents is 1. The van der Waals surface area contributed by atoms with Gasteiger partial charge in [0.05, 0.1) is 18.0 Å².